The van der Waals surface area contributed by atoms with Gasteiger partial charge in [-0.05, 0) is 31.0 Å². The highest BCUT2D eigenvalue weighted by Gasteiger charge is 2.11. The van der Waals surface area contributed by atoms with E-state index in [2.05, 4.69) is 4.98 Å². The molecule has 4 nitrogen and oxygen atoms in total. The van der Waals surface area contributed by atoms with Gasteiger partial charge in [0.25, 0.3) is 0 Å². The molecule has 2 rings (SSSR count). The van der Waals surface area contributed by atoms with E-state index in [4.69, 9.17) is 5.73 Å². The summed E-state index contributed by atoms with van der Waals surface area (Å²) in [4.78, 5) is 16.1. The maximum Gasteiger partial charge on any atom is 0.198 e. The molecule has 0 atom stereocenters. The maximum absolute atomic E-state index is 12.0. The van der Waals surface area contributed by atoms with Gasteiger partial charge in [0, 0.05) is 31.0 Å². The number of imidazole rings is 1. The Kier molecular flexibility index (Phi) is 3.77. The van der Waals surface area contributed by atoms with Gasteiger partial charge in [0.1, 0.15) is 0 Å². The molecule has 0 amide bonds. The fraction of sp³-hybridized carbons (Fsp3) is 0.286. The number of rotatable bonds is 5. The molecule has 1 aromatic carbocycles. The number of ketones is 1. The summed E-state index contributed by atoms with van der Waals surface area (Å²) in [5.74, 6) is 0.616. The van der Waals surface area contributed by atoms with Crippen LogP contribution >= 0.6 is 0 Å². The van der Waals surface area contributed by atoms with E-state index in [1.54, 1.807) is 6.20 Å². The minimum Gasteiger partial charge on any atom is -0.399 e. The monoisotopic (exact) mass is 243 g/mol. The van der Waals surface area contributed by atoms with E-state index in [0.717, 1.165) is 17.8 Å². The van der Waals surface area contributed by atoms with E-state index in [9.17, 15) is 4.79 Å². The zero-order valence-electron chi connectivity index (χ0n) is 10.5. The van der Waals surface area contributed by atoms with Gasteiger partial charge in [-0.15, -0.1) is 0 Å². The Morgan fingerprint density at radius 2 is 2.28 bits per heavy atom. The van der Waals surface area contributed by atoms with E-state index in [1.807, 2.05) is 42.0 Å². The second-order valence-electron chi connectivity index (χ2n) is 4.21. The largest absolute Gasteiger partial charge is 0.399 e. The zero-order valence-corrected chi connectivity index (χ0v) is 10.5. The number of hydrogen-bond donors (Lipinski definition) is 1. The predicted octanol–water partition coefficient (Wildman–Crippen LogP) is 2.30. The fourth-order valence-corrected chi connectivity index (χ4v) is 1.93. The van der Waals surface area contributed by atoms with E-state index in [0.29, 0.717) is 18.7 Å². The Hall–Kier alpha value is -2.10. The number of aryl methyl sites for hydroxylation is 2. The quantitative estimate of drug-likeness (QED) is 0.647. The van der Waals surface area contributed by atoms with E-state index < -0.39 is 0 Å². The predicted molar refractivity (Wildman–Crippen MR) is 71.4 cm³/mol. The Labute approximate surface area is 106 Å². The Morgan fingerprint density at radius 3 is 3.00 bits per heavy atom. The number of nitrogens with zero attached hydrogens (tertiary/aromatic N) is 2. The lowest BCUT2D eigenvalue weighted by molar-refractivity contribution is 0.0969. The minimum atomic E-state index is 0.0734. The van der Waals surface area contributed by atoms with Crippen LogP contribution in [-0.4, -0.2) is 15.3 Å². The van der Waals surface area contributed by atoms with Crippen LogP contribution in [0.1, 0.15) is 29.5 Å². The number of benzene rings is 1. The van der Waals surface area contributed by atoms with Crippen LogP contribution in [0.2, 0.25) is 0 Å². The number of aromatic nitrogens is 2. The van der Waals surface area contributed by atoms with Crippen molar-refractivity contribution < 1.29 is 4.79 Å². The van der Waals surface area contributed by atoms with Crippen LogP contribution in [0, 0.1) is 0 Å². The van der Waals surface area contributed by atoms with Gasteiger partial charge in [0.2, 0.25) is 0 Å². The Balaban J connectivity index is 2.00. The van der Waals surface area contributed by atoms with Crippen LogP contribution in [0.3, 0.4) is 0 Å². The minimum absolute atomic E-state index is 0.0734. The standard InChI is InChI=1S/C14H17N3O/c1-2-17-9-8-16-14(17)13(18)7-6-11-4-3-5-12(15)10-11/h3-5,8-10H,2,6-7,15H2,1H3. The first-order valence-corrected chi connectivity index (χ1v) is 6.09. The Bertz CT molecular complexity index is 545. The molecule has 0 spiro atoms. The summed E-state index contributed by atoms with van der Waals surface area (Å²) < 4.78 is 1.86. The molecule has 0 aliphatic heterocycles. The van der Waals surface area contributed by atoms with Crippen molar-refractivity contribution in [3.8, 4) is 0 Å². The second kappa shape index (κ2) is 5.49. The number of Topliss-reactive ketones (excluding diaryl/α,β-unsaturated/α-hetero) is 1. The van der Waals surface area contributed by atoms with E-state index >= 15 is 0 Å². The van der Waals surface area contributed by atoms with Crippen LogP contribution in [0.5, 0.6) is 0 Å². The molecule has 0 aliphatic rings. The van der Waals surface area contributed by atoms with Gasteiger partial charge < -0.3 is 10.3 Å². The van der Waals surface area contributed by atoms with E-state index in [-0.39, 0.29) is 5.78 Å². The molecule has 0 fully saturated rings. The van der Waals surface area contributed by atoms with Crippen molar-refractivity contribution in [2.45, 2.75) is 26.3 Å². The number of nitrogen functional groups attached to an aromatic ring is 1. The first-order chi connectivity index (χ1) is 8.70. The molecule has 0 saturated carbocycles. The topological polar surface area (TPSA) is 60.9 Å². The molecule has 0 bridgehead atoms. The van der Waals surface area contributed by atoms with Crippen LogP contribution in [0.4, 0.5) is 5.69 Å². The number of carbonyl (C=O) groups is 1. The lowest BCUT2D eigenvalue weighted by Gasteiger charge is -2.04. The average Bonchev–Trinajstić information content (AvgIpc) is 2.84. The van der Waals surface area contributed by atoms with Crippen molar-refractivity contribution >= 4 is 11.5 Å². The normalized spacial score (nSPS) is 10.5. The third-order valence-electron chi connectivity index (χ3n) is 2.90. The van der Waals surface area contributed by atoms with Gasteiger partial charge in [-0.1, -0.05) is 12.1 Å². The molecule has 0 saturated heterocycles. The van der Waals surface area contributed by atoms with E-state index in [1.165, 1.54) is 0 Å². The summed E-state index contributed by atoms with van der Waals surface area (Å²) in [6.07, 6.45) is 4.64. The molecule has 4 heteroatoms. The number of carbonyl (C=O) groups excluding carboxylic acids is 1. The highest BCUT2D eigenvalue weighted by Crippen LogP contribution is 2.11. The van der Waals surface area contributed by atoms with Gasteiger partial charge >= 0.3 is 0 Å². The molecule has 2 N–H and O–H groups in total. The smallest absolute Gasteiger partial charge is 0.198 e. The van der Waals surface area contributed by atoms with Crippen LogP contribution in [-0.2, 0) is 13.0 Å². The molecule has 1 heterocycles. The molecule has 1 aromatic heterocycles. The summed E-state index contributed by atoms with van der Waals surface area (Å²) in [5, 5.41) is 0. The molecule has 0 radical (unpaired) electrons. The van der Waals surface area contributed by atoms with Gasteiger partial charge in [-0.3, -0.25) is 4.79 Å². The summed E-state index contributed by atoms with van der Waals surface area (Å²) in [6.45, 7) is 2.76. The number of nitrogens with two attached hydrogens (primary N) is 1. The van der Waals surface area contributed by atoms with Crippen molar-refractivity contribution in [2.75, 3.05) is 5.73 Å². The van der Waals surface area contributed by atoms with Gasteiger partial charge in [0.05, 0.1) is 0 Å². The lowest BCUT2D eigenvalue weighted by Crippen LogP contribution is -2.10. The fourth-order valence-electron chi connectivity index (χ4n) is 1.93. The summed E-state index contributed by atoms with van der Waals surface area (Å²) in [5.41, 5.74) is 7.52. The molecule has 0 aliphatic carbocycles. The van der Waals surface area contributed by atoms with Crippen molar-refractivity contribution in [3.05, 3.63) is 48.0 Å². The molecule has 94 valence electrons. The second-order valence-corrected chi connectivity index (χ2v) is 4.21. The number of anilines is 1. The molecule has 18 heavy (non-hydrogen) atoms. The van der Waals surface area contributed by atoms with Gasteiger partial charge in [-0.25, -0.2) is 4.98 Å². The molecular formula is C14H17N3O. The number of hydrogen-bond acceptors (Lipinski definition) is 3. The Morgan fingerprint density at radius 1 is 1.44 bits per heavy atom. The SMILES string of the molecule is CCn1ccnc1C(=O)CCc1cccc(N)c1. The van der Waals surface area contributed by atoms with Crippen molar-refractivity contribution in [1.29, 1.82) is 0 Å². The highest BCUT2D eigenvalue weighted by atomic mass is 16.1. The highest BCUT2D eigenvalue weighted by molar-refractivity contribution is 5.92. The first-order valence-electron chi connectivity index (χ1n) is 6.09. The lowest BCUT2D eigenvalue weighted by atomic mass is 10.1. The molecular weight excluding hydrogens is 226 g/mol. The summed E-state index contributed by atoms with van der Waals surface area (Å²) >= 11 is 0. The van der Waals surface area contributed by atoms with Crippen LogP contribution in [0.25, 0.3) is 0 Å². The third-order valence-corrected chi connectivity index (χ3v) is 2.90. The molecule has 2 aromatic rings. The zero-order chi connectivity index (χ0) is 13.0. The first kappa shape index (κ1) is 12.4. The van der Waals surface area contributed by atoms with Crippen LogP contribution < -0.4 is 5.73 Å². The average molecular weight is 243 g/mol. The van der Waals surface area contributed by atoms with Crippen molar-refractivity contribution in [3.63, 3.8) is 0 Å². The van der Waals surface area contributed by atoms with Gasteiger partial charge in [0.15, 0.2) is 11.6 Å². The summed E-state index contributed by atoms with van der Waals surface area (Å²) in [6, 6.07) is 7.63. The van der Waals surface area contributed by atoms with Gasteiger partial charge in [-0.2, -0.15) is 0 Å². The van der Waals surface area contributed by atoms with Crippen LogP contribution in [0.15, 0.2) is 36.7 Å². The third kappa shape index (κ3) is 2.77. The van der Waals surface area contributed by atoms with Crippen molar-refractivity contribution in [1.82, 2.24) is 9.55 Å². The summed E-state index contributed by atoms with van der Waals surface area (Å²) in [7, 11) is 0. The molecule has 0 unspecified atom stereocenters. The van der Waals surface area contributed by atoms with Crippen molar-refractivity contribution in [2.24, 2.45) is 0 Å². The maximum atomic E-state index is 12.0.